The zero-order chi connectivity index (χ0) is 57.8. The van der Waals surface area contributed by atoms with Gasteiger partial charge in [-0.3, -0.25) is 43.2 Å². The van der Waals surface area contributed by atoms with Crippen molar-refractivity contribution in [3.05, 3.63) is 48.0 Å². The number of phenolic OH excluding ortho intramolecular Hbond substituents is 1. The maximum Gasteiger partial charge on any atom is 0.326 e. The van der Waals surface area contributed by atoms with Crippen molar-refractivity contribution in [3.8, 4) is 5.75 Å². The molecule has 29 heteroatoms. The molecule has 1 heterocycles. The number of benzene rings is 1. The molecule has 1 aromatic carbocycles. The van der Waals surface area contributed by atoms with Gasteiger partial charge in [0.2, 0.25) is 53.2 Å². The van der Waals surface area contributed by atoms with E-state index in [0.717, 1.165) is 0 Å². The van der Waals surface area contributed by atoms with Crippen LogP contribution in [-0.2, 0) is 60.8 Å². The predicted molar refractivity (Wildman–Crippen MR) is 286 cm³/mol. The van der Waals surface area contributed by atoms with Crippen molar-refractivity contribution in [2.75, 3.05) is 44.1 Å². The lowest BCUT2D eigenvalue weighted by Gasteiger charge is -2.27. The van der Waals surface area contributed by atoms with Gasteiger partial charge in [-0.25, -0.2) is 9.78 Å². The van der Waals surface area contributed by atoms with Crippen molar-refractivity contribution in [1.82, 2.24) is 57.8 Å². The van der Waals surface area contributed by atoms with Crippen LogP contribution in [-0.4, -0.2) is 188 Å². The second kappa shape index (κ2) is 35.0. The SMILES string of the molecule is CSCC[C@H](NC(=O)[C@H](Cc1ccc(O)cc1)NC(=O)CNC(=O)[C@@H](NC(=O)[C@H](CO)NC(=O)[C@H](CC(C)C)NC(=O)[C@H](CO)NC(=O)[C@H](CS)NC(=O)[C@@H](N)CCCCN)C(C)C)C(=O)N[C@@H](Cc1cnc[nH]1)C(=O)O. The molecule has 0 aliphatic heterocycles. The second-order valence-corrected chi connectivity index (χ2v) is 20.1. The van der Waals surface area contributed by atoms with E-state index in [1.54, 1.807) is 34.0 Å². The number of imidazole rings is 1. The normalized spacial score (nSPS) is 14.7. The van der Waals surface area contributed by atoms with Gasteiger partial charge in [0.05, 0.1) is 32.1 Å². The molecule has 430 valence electrons. The van der Waals surface area contributed by atoms with E-state index in [-0.39, 0.29) is 43.1 Å². The van der Waals surface area contributed by atoms with Crippen LogP contribution in [0.5, 0.6) is 5.75 Å². The van der Waals surface area contributed by atoms with E-state index in [1.807, 2.05) is 0 Å². The molecule has 0 aliphatic rings. The van der Waals surface area contributed by atoms with Crippen molar-refractivity contribution in [3.63, 3.8) is 0 Å². The summed E-state index contributed by atoms with van der Waals surface area (Å²) < 4.78 is 0. The number of carboxylic acid groups (broad SMARTS) is 1. The van der Waals surface area contributed by atoms with E-state index in [1.165, 1.54) is 48.6 Å². The minimum absolute atomic E-state index is 0.0220. The molecular formula is C48H77N13O14S2. The molecule has 0 radical (unpaired) electrons. The maximum atomic E-state index is 13.9. The van der Waals surface area contributed by atoms with Crippen LogP contribution in [0.2, 0.25) is 0 Å². The number of aliphatic carboxylic acids is 1. The largest absolute Gasteiger partial charge is 0.508 e. The van der Waals surface area contributed by atoms with Gasteiger partial charge in [-0.15, -0.1) is 0 Å². The summed E-state index contributed by atoms with van der Waals surface area (Å²) >= 11 is 5.48. The molecule has 0 saturated heterocycles. The number of aliphatic hydroxyl groups excluding tert-OH is 2. The van der Waals surface area contributed by atoms with Gasteiger partial charge in [-0.05, 0) is 73.8 Å². The lowest BCUT2D eigenvalue weighted by molar-refractivity contribution is -0.142. The van der Waals surface area contributed by atoms with Gasteiger partial charge in [0, 0.05) is 30.5 Å². The number of thiol groups is 1. The van der Waals surface area contributed by atoms with E-state index in [9.17, 15) is 68.4 Å². The summed E-state index contributed by atoms with van der Waals surface area (Å²) in [7, 11) is 0. The van der Waals surface area contributed by atoms with Crippen molar-refractivity contribution in [1.29, 1.82) is 0 Å². The topological polar surface area (TPSA) is 441 Å². The summed E-state index contributed by atoms with van der Waals surface area (Å²) in [5.74, 6) is -10.1. The van der Waals surface area contributed by atoms with Crippen LogP contribution in [0.15, 0.2) is 36.8 Å². The van der Waals surface area contributed by atoms with Crippen molar-refractivity contribution >= 4 is 83.5 Å². The molecule has 0 bridgehead atoms. The van der Waals surface area contributed by atoms with E-state index in [0.29, 0.717) is 42.8 Å². The van der Waals surface area contributed by atoms with Gasteiger partial charge in [0.15, 0.2) is 0 Å². The van der Waals surface area contributed by atoms with Gasteiger partial charge < -0.3 is 84.7 Å². The standard InChI is InChI=1S/C48H77N13O14S2/c1-25(2)16-32(56-44(70)35(21-62)59-46(72)37(23-76)60-40(66)30(50)8-6-7-14-49)42(68)58-36(22-63)45(71)61-39(26(3)4)47(73)52-20-38(65)54-33(17-27-9-11-29(64)12-10-27)43(69)55-31(13-15-77-5)41(67)57-34(48(74)75)18-28-19-51-24-53-28/h9-12,19,24-26,30-37,39,62-64,76H,6-8,13-18,20-23,49-50H2,1-5H3,(H,51,53)(H,52,73)(H,54,65)(H,55,69)(H,56,70)(H,57,67)(H,58,68)(H,59,72)(H,60,66)(H,61,71)(H,74,75)/t30-,31-,32-,33-,34-,35-,36-,37-,39-/m0/s1. The molecule has 0 saturated carbocycles. The number of aromatic nitrogens is 2. The minimum atomic E-state index is -1.69. The number of carbonyl (C=O) groups excluding carboxylic acids is 9. The Hall–Kier alpha value is -6.53. The third-order valence-corrected chi connectivity index (χ3v) is 12.6. The Morgan fingerprint density at radius 2 is 1.19 bits per heavy atom. The van der Waals surface area contributed by atoms with Crippen LogP contribution in [0.3, 0.4) is 0 Å². The Kier molecular flexibility index (Phi) is 30.3. The third kappa shape index (κ3) is 24.1. The van der Waals surface area contributed by atoms with Crippen molar-refractivity contribution < 1.29 is 68.4 Å². The van der Waals surface area contributed by atoms with Crippen molar-refractivity contribution in [2.24, 2.45) is 23.3 Å². The maximum absolute atomic E-state index is 13.9. The number of carboxylic acids is 1. The number of nitrogens with zero attached hydrogens (tertiary/aromatic N) is 1. The lowest BCUT2D eigenvalue weighted by Crippen LogP contribution is -2.61. The molecule has 2 aromatic rings. The summed E-state index contributed by atoms with van der Waals surface area (Å²) in [5.41, 5.74) is 12.3. The fourth-order valence-electron chi connectivity index (χ4n) is 7.27. The van der Waals surface area contributed by atoms with Crippen LogP contribution in [0, 0.1) is 11.8 Å². The van der Waals surface area contributed by atoms with Gasteiger partial charge >= 0.3 is 5.97 Å². The van der Waals surface area contributed by atoms with E-state index >= 15 is 0 Å². The quantitative estimate of drug-likeness (QED) is 0.0227. The average Bonchev–Trinajstić information content (AvgIpc) is 3.91. The van der Waals surface area contributed by atoms with Gasteiger partial charge in [0.1, 0.15) is 54.1 Å². The summed E-state index contributed by atoms with van der Waals surface area (Å²) in [6.07, 6.45) is 5.79. The molecule has 0 fully saturated rings. The Bertz CT molecular complexity index is 2240. The number of carbonyl (C=O) groups is 10. The van der Waals surface area contributed by atoms with E-state index in [2.05, 4.69) is 70.4 Å². The number of hydrogen-bond donors (Lipinski definition) is 17. The molecule has 77 heavy (non-hydrogen) atoms. The summed E-state index contributed by atoms with van der Waals surface area (Å²) in [6.45, 7) is 4.34. The molecule has 0 unspecified atom stereocenters. The molecule has 18 N–H and O–H groups in total. The first-order valence-electron chi connectivity index (χ1n) is 24.9. The number of unbranched alkanes of at least 4 members (excludes halogenated alkanes) is 1. The number of hydrogen-bond acceptors (Lipinski definition) is 18. The smallest absolute Gasteiger partial charge is 0.326 e. The van der Waals surface area contributed by atoms with Gasteiger partial charge in [-0.1, -0.05) is 46.2 Å². The zero-order valence-electron chi connectivity index (χ0n) is 43.8. The number of nitrogens with two attached hydrogens (primary N) is 2. The van der Waals surface area contributed by atoms with Crippen LogP contribution >= 0.6 is 24.4 Å². The van der Waals surface area contributed by atoms with Crippen LogP contribution < -0.4 is 59.3 Å². The van der Waals surface area contributed by atoms with Gasteiger partial charge in [-0.2, -0.15) is 24.4 Å². The summed E-state index contributed by atoms with van der Waals surface area (Å²) in [5, 5.41) is 62.0. The van der Waals surface area contributed by atoms with Gasteiger partial charge in [0.25, 0.3) is 0 Å². The Balaban J connectivity index is 2.18. The Morgan fingerprint density at radius 1 is 0.662 bits per heavy atom. The monoisotopic (exact) mass is 1120 g/mol. The first-order valence-corrected chi connectivity index (χ1v) is 27.0. The number of aromatic amines is 1. The zero-order valence-corrected chi connectivity index (χ0v) is 45.5. The molecule has 2 rings (SSSR count). The molecule has 9 atom stereocenters. The van der Waals surface area contributed by atoms with Crippen LogP contribution in [0.1, 0.15) is 71.1 Å². The molecular weight excluding hydrogens is 1050 g/mol. The lowest BCUT2D eigenvalue weighted by atomic mass is 10.0. The number of phenols is 1. The number of thioether (sulfide) groups is 1. The molecule has 1 aromatic heterocycles. The Morgan fingerprint density at radius 3 is 1.73 bits per heavy atom. The average molecular weight is 1120 g/mol. The fraction of sp³-hybridized carbons (Fsp3) is 0.604. The molecule has 9 amide bonds. The summed E-state index contributed by atoms with van der Waals surface area (Å²) in [6, 6.07) is -6.57. The highest BCUT2D eigenvalue weighted by Crippen LogP contribution is 2.13. The highest BCUT2D eigenvalue weighted by molar-refractivity contribution is 7.98. The highest BCUT2D eigenvalue weighted by Gasteiger charge is 2.35. The third-order valence-electron chi connectivity index (χ3n) is 11.6. The second-order valence-electron chi connectivity index (χ2n) is 18.8. The van der Waals surface area contributed by atoms with Crippen LogP contribution in [0.25, 0.3) is 0 Å². The fourth-order valence-corrected chi connectivity index (χ4v) is 8.00. The predicted octanol–water partition coefficient (Wildman–Crippen LogP) is -4.19. The number of amides is 9. The number of rotatable bonds is 36. The molecule has 0 spiro atoms. The molecule has 27 nitrogen and oxygen atoms in total. The Labute approximate surface area is 456 Å². The number of nitrogens with one attached hydrogen (secondary N) is 10. The van der Waals surface area contributed by atoms with E-state index in [4.69, 9.17) is 11.5 Å². The minimum Gasteiger partial charge on any atom is -0.508 e. The van der Waals surface area contributed by atoms with Crippen LogP contribution in [0.4, 0.5) is 0 Å². The first kappa shape index (κ1) is 66.6. The molecule has 0 aliphatic carbocycles. The van der Waals surface area contributed by atoms with Crippen molar-refractivity contribution in [2.45, 2.75) is 127 Å². The number of H-pyrrole nitrogens is 1. The number of aliphatic hydroxyl groups is 2. The number of aromatic hydroxyl groups is 1. The van der Waals surface area contributed by atoms with E-state index < -0.39 is 139 Å². The highest BCUT2D eigenvalue weighted by atomic mass is 32.2. The first-order chi connectivity index (χ1) is 36.5. The summed E-state index contributed by atoms with van der Waals surface area (Å²) in [4.78, 5) is 140.